The average Bonchev–Trinajstić information content (AvgIpc) is 3.96. The standard InChI is InChI=1S/C62H43NO/c1-61(2)56-39-46(32-35-51(56)52-34-31-41-19-9-10-24-48(41)60(52)61)63(45-33-36-57-53(38-45)59-47(27-16-30-58(59)64-57)40-17-5-3-6-18-40)44-23-15-22-43(37-44)62(42-20-7-4-8-21-42)54-28-13-11-25-49(54)50-26-12-14-29-55(50)62/h3-39H,1-2H3. The lowest BCUT2D eigenvalue weighted by Gasteiger charge is -2.35. The van der Waals surface area contributed by atoms with Crippen molar-refractivity contribution in [2.75, 3.05) is 4.90 Å². The second kappa shape index (κ2) is 13.8. The van der Waals surface area contributed by atoms with Crippen LogP contribution >= 0.6 is 0 Å². The van der Waals surface area contributed by atoms with Crippen LogP contribution in [0.25, 0.3) is 66.1 Å². The Morgan fingerprint density at radius 3 is 1.77 bits per heavy atom. The molecular weight excluding hydrogens is 775 g/mol. The minimum atomic E-state index is -0.534. The molecule has 0 N–H and O–H groups in total. The molecule has 2 aliphatic rings. The van der Waals surface area contributed by atoms with Crippen molar-refractivity contribution in [1.29, 1.82) is 0 Å². The number of nitrogens with zero attached hydrogens (tertiary/aromatic N) is 1. The molecule has 13 rings (SSSR count). The third kappa shape index (κ3) is 5.14. The summed E-state index contributed by atoms with van der Waals surface area (Å²) in [6.45, 7) is 4.79. The van der Waals surface area contributed by atoms with E-state index in [4.69, 9.17) is 4.42 Å². The second-order valence-corrected chi connectivity index (χ2v) is 18.0. The van der Waals surface area contributed by atoms with E-state index in [-0.39, 0.29) is 5.41 Å². The second-order valence-electron chi connectivity index (χ2n) is 18.0. The van der Waals surface area contributed by atoms with Crippen molar-refractivity contribution in [2.24, 2.45) is 0 Å². The molecule has 1 heterocycles. The number of anilines is 3. The van der Waals surface area contributed by atoms with Gasteiger partial charge >= 0.3 is 0 Å². The Morgan fingerprint density at radius 1 is 0.375 bits per heavy atom. The zero-order valence-electron chi connectivity index (χ0n) is 35.7. The molecule has 2 nitrogen and oxygen atoms in total. The van der Waals surface area contributed by atoms with Crippen LogP contribution in [-0.2, 0) is 10.8 Å². The van der Waals surface area contributed by atoms with Gasteiger partial charge in [-0.25, -0.2) is 0 Å². The van der Waals surface area contributed by atoms with Gasteiger partial charge in [-0.3, -0.25) is 0 Å². The van der Waals surface area contributed by atoms with Gasteiger partial charge in [-0.05, 0) is 126 Å². The molecule has 302 valence electrons. The van der Waals surface area contributed by atoms with E-state index < -0.39 is 5.41 Å². The Hall–Kier alpha value is -7.94. The van der Waals surface area contributed by atoms with E-state index in [0.717, 1.165) is 44.6 Å². The van der Waals surface area contributed by atoms with Crippen molar-refractivity contribution in [3.8, 4) is 33.4 Å². The monoisotopic (exact) mass is 817 g/mol. The van der Waals surface area contributed by atoms with Crippen LogP contribution in [-0.4, -0.2) is 0 Å². The fraction of sp³-hybridized carbons (Fsp3) is 0.0645. The first-order valence-corrected chi connectivity index (χ1v) is 22.3. The Balaban J connectivity index is 1.07. The molecule has 2 aliphatic carbocycles. The maximum atomic E-state index is 6.62. The van der Waals surface area contributed by atoms with Crippen LogP contribution in [0.1, 0.15) is 47.2 Å². The lowest BCUT2D eigenvalue weighted by Crippen LogP contribution is -2.28. The minimum absolute atomic E-state index is 0.223. The van der Waals surface area contributed by atoms with E-state index in [9.17, 15) is 0 Å². The van der Waals surface area contributed by atoms with Gasteiger partial charge in [0.1, 0.15) is 11.2 Å². The average molecular weight is 818 g/mol. The number of furan rings is 1. The molecule has 10 aromatic carbocycles. The third-order valence-electron chi connectivity index (χ3n) is 14.3. The van der Waals surface area contributed by atoms with Gasteiger partial charge in [-0.15, -0.1) is 0 Å². The Kier molecular flexibility index (Phi) is 7.90. The normalized spacial score (nSPS) is 14.0. The molecule has 0 atom stereocenters. The van der Waals surface area contributed by atoms with Gasteiger partial charge in [0, 0.05) is 33.2 Å². The van der Waals surface area contributed by atoms with Crippen LogP contribution in [0.15, 0.2) is 229 Å². The highest BCUT2D eigenvalue weighted by molar-refractivity contribution is 6.13. The largest absolute Gasteiger partial charge is 0.456 e. The van der Waals surface area contributed by atoms with Crippen molar-refractivity contribution in [1.82, 2.24) is 0 Å². The van der Waals surface area contributed by atoms with E-state index >= 15 is 0 Å². The maximum absolute atomic E-state index is 6.62. The van der Waals surface area contributed by atoms with Crippen molar-refractivity contribution >= 4 is 49.8 Å². The van der Waals surface area contributed by atoms with Gasteiger partial charge in [0.25, 0.3) is 0 Å². The zero-order valence-corrected chi connectivity index (χ0v) is 35.7. The summed E-state index contributed by atoms with van der Waals surface area (Å²) < 4.78 is 6.62. The highest BCUT2D eigenvalue weighted by Crippen LogP contribution is 2.57. The molecule has 0 saturated heterocycles. The van der Waals surface area contributed by atoms with Gasteiger partial charge < -0.3 is 9.32 Å². The predicted molar refractivity (Wildman–Crippen MR) is 266 cm³/mol. The van der Waals surface area contributed by atoms with Gasteiger partial charge in [0.2, 0.25) is 0 Å². The first-order chi connectivity index (χ1) is 31.5. The summed E-state index contributed by atoms with van der Waals surface area (Å²) in [6, 6.07) is 82.7. The molecule has 2 heteroatoms. The summed E-state index contributed by atoms with van der Waals surface area (Å²) in [5.41, 5.74) is 19.6. The van der Waals surface area contributed by atoms with Crippen molar-refractivity contribution < 1.29 is 4.42 Å². The number of hydrogen-bond donors (Lipinski definition) is 0. The summed E-state index contributed by atoms with van der Waals surface area (Å²) in [6.07, 6.45) is 0. The molecule has 0 unspecified atom stereocenters. The van der Waals surface area contributed by atoms with Gasteiger partial charge in [-0.2, -0.15) is 0 Å². The summed E-state index contributed by atoms with van der Waals surface area (Å²) in [5.74, 6) is 0. The first-order valence-electron chi connectivity index (χ1n) is 22.3. The van der Waals surface area contributed by atoms with E-state index in [1.165, 1.54) is 72.0 Å². The van der Waals surface area contributed by atoms with Crippen molar-refractivity contribution in [3.63, 3.8) is 0 Å². The minimum Gasteiger partial charge on any atom is -0.456 e. The first kappa shape index (κ1) is 36.7. The van der Waals surface area contributed by atoms with Crippen LogP contribution in [0.3, 0.4) is 0 Å². The molecule has 64 heavy (non-hydrogen) atoms. The van der Waals surface area contributed by atoms with Crippen LogP contribution in [0.2, 0.25) is 0 Å². The summed E-state index contributed by atoms with van der Waals surface area (Å²) in [4.78, 5) is 2.47. The number of rotatable bonds is 6. The third-order valence-corrected chi connectivity index (χ3v) is 14.3. The summed E-state index contributed by atoms with van der Waals surface area (Å²) in [5, 5.41) is 4.81. The van der Waals surface area contributed by atoms with Crippen LogP contribution in [0.4, 0.5) is 17.1 Å². The zero-order chi connectivity index (χ0) is 42.6. The maximum Gasteiger partial charge on any atom is 0.136 e. The predicted octanol–water partition coefficient (Wildman–Crippen LogP) is 16.5. The molecule has 1 aromatic heterocycles. The molecule has 0 aliphatic heterocycles. The molecule has 0 radical (unpaired) electrons. The number of fused-ring (bicyclic) bond motifs is 11. The Morgan fingerprint density at radius 2 is 0.969 bits per heavy atom. The fourth-order valence-corrected chi connectivity index (χ4v) is 11.6. The molecule has 0 fully saturated rings. The van der Waals surface area contributed by atoms with E-state index in [1.807, 2.05) is 0 Å². The lowest BCUT2D eigenvalue weighted by molar-refractivity contribution is 0.666. The highest BCUT2D eigenvalue weighted by atomic mass is 16.3. The number of benzene rings is 10. The highest BCUT2D eigenvalue weighted by Gasteiger charge is 2.46. The molecular formula is C62H43NO. The Labute approximate surface area is 373 Å². The van der Waals surface area contributed by atoms with Crippen molar-refractivity contribution in [2.45, 2.75) is 24.7 Å². The summed E-state index contributed by atoms with van der Waals surface area (Å²) >= 11 is 0. The van der Waals surface area contributed by atoms with Crippen LogP contribution in [0.5, 0.6) is 0 Å². The van der Waals surface area contributed by atoms with Crippen molar-refractivity contribution in [3.05, 3.63) is 258 Å². The lowest BCUT2D eigenvalue weighted by atomic mass is 9.67. The van der Waals surface area contributed by atoms with Gasteiger partial charge in [0.05, 0.1) is 5.41 Å². The summed E-state index contributed by atoms with van der Waals surface area (Å²) in [7, 11) is 0. The fourth-order valence-electron chi connectivity index (χ4n) is 11.6. The molecule has 0 amide bonds. The van der Waals surface area contributed by atoms with Gasteiger partial charge in [-0.1, -0.05) is 190 Å². The topological polar surface area (TPSA) is 16.4 Å². The van der Waals surface area contributed by atoms with E-state index in [0.29, 0.717) is 0 Å². The number of hydrogen-bond acceptors (Lipinski definition) is 2. The van der Waals surface area contributed by atoms with E-state index in [2.05, 4.69) is 243 Å². The smallest absolute Gasteiger partial charge is 0.136 e. The Bertz CT molecular complexity index is 3610. The molecule has 11 aromatic rings. The molecule has 0 saturated carbocycles. The quantitative estimate of drug-likeness (QED) is 0.166. The van der Waals surface area contributed by atoms with Crippen LogP contribution in [0, 0.1) is 0 Å². The molecule has 0 bridgehead atoms. The molecule has 0 spiro atoms. The van der Waals surface area contributed by atoms with E-state index in [1.54, 1.807) is 0 Å². The van der Waals surface area contributed by atoms with Crippen LogP contribution < -0.4 is 4.90 Å². The van der Waals surface area contributed by atoms with Gasteiger partial charge in [0.15, 0.2) is 0 Å². The SMILES string of the molecule is CC1(C)c2cc(N(c3cccc(C4(c5ccccc5)c5ccccc5-c5ccccc54)c3)c3ccc4oc5cccc(-c6ccccc6)c5c4c3)ccc2-c2ccc3ccccc3c21.